The maximum absolute atomic E-state index is 11.6. The van der Waals surface area contributed by atoms with Crippen molar-refractivity contribution in [2.75, 3.05) is 6.54 Å². The van der Waals surface area contributed by atoms with E-state index in [4.69, 9.17) is 5.73 Å². The Morgan fingerprint density at radius 2 is 2.47 bits per heavy atom. The topological polar surface area (TPSA) is 72.9 Å². The highest BCUT2D eigenvalue weighted by molar-refractivity contribution is 5.76. The minimum atomic E-state index is 0.0740. The zero-order valence-electron chi connectivity index (χ0n) is 10.2. The van der Waals surface area contributed by atoms with Crippen molar-refractivity contribution < 1.29 is 4.79 Å². The Balaban J connectivity index is 1.63. The van der Waals surface area contributed by atoms with Gasteiger partial charge in [-0.1, -0.05) is 0 Å². The number of nitrogens with one attached hydrogen (secondary N) is 1. The molecule has 1 amide bonds. The second-order valence-electron chi connectivity index (χ2n) is 4.83. The lowest BCUT2D eigenvalue weighted by molar-refractivity contribution is -0.121. The van der Waals surface area contributed by atoms with E-state index < -0.39 is 0 Å². The van der Waals surface area contributed by atoms with Crippen molar-refractivity contribution >= 4 is 5.91 Å². The summed E-state index contributed by atoms with van der Waals surface area (Å²) >= 11 is 0. The Morgan fingerprint density at radius 3 is 3.06 bits per heavy atom. The van der Waals surface area contributed by atoms with Crippen LogP contribution in [0.2, 0.25) is 0 Å². The second-order valence-corrected chi connectivity index (χ2v) is 4.83. The van der Waals surface area contributed by atoms with Gasteiger partial charge in [0.05, 0.1) is 6.20 Å². The zero-order valence-corrected chi connectivity index (χ0v) is 10.2. The van der Waals surface area contributed by atoms with Gasteiger partial charge in [0.25, 0.3) is 0 Å². The van der Waals surface area contributed by atoms with Crippen molar-refractivity contribution in [1.29, 1.82) is 0 Å². The van der Waals surface area contributed by atoms with E-state index >= 15 is 0 Å². The average molecular weight is 236 g/mol. The van der Waals surface area contributed by atoms with Crippen LogP contribution in [0.15, 0.2) is 12.4 Å². The summed E-state index contributed by atoms with van der Waals surface area (Å²) in [5, 5.41) is 6.95. The van der Waals surface area contributed by atoms with E-state index in [-0.39, 0.29) is 11.9 Å². The summed E-state index contributed by atoms with van der Waals surface area (Å²) in [6, 6.07) is 0.136. The molecule has 0 saturated heterocycles. The van der Waals surface area contributed by atoms with Crippen LogP contribution < -0.4 is 11.1 Å². The molecule has 3 N–H and O–H groups in total. The standard InChI is InChI=1S/C12H20N4O/c1-16-8-9(6-15-16)2-5-12(17)14-7-11(13)10-3-4-10/h6,8,10-11H,2-5,7,13H2,1H3,(H,14,17). The van der Waals surface area contributed by atoms with Crippen LogP contribution in [-0.4, -0.2) is 28.3 Å². The predicted molar refractivity (Wildman–Crippen MR) is 65.2 cm³/mol. The van der Waals surface area contributed by atoms with Crippen LogP contribution in [0.25, 0.3) is 0 Å². The average Bonchev–Trinajstić information content (AvgIpc) is 3.07. The van der Waals surface area contributed by atoms with Crippen LogP contribution in [0.1, 0.15) is 24.8 Å². The van der Waals surface area contributed by atoms with Crippen molar-refractivity contribution in [3.8, 4) is 0 Å². The van der Waals surface area contributed by atoms with Crippen molar-refractivity contribution in [3.05, 3.63) is 18.0 Å². The van der Waals surface area contributed by atoms with Crippen LogP contribution in [0.5, 0.6) is 0 Å². The van der Waals surface area contributed by atoms with E-state index in [9.17, 15) is 4.79 Å². The molecule has 1 unspecified atom stereocenters. The normalized spacial score (nSPS) is 16.8. The number of hydrogen-bond acceptors (Lipinski definition) is 3. The number of nitrogens with zero attached hydrogens (tertiary/aromatic N) is 2. The van der Waals surface area contributed by atoms with Crippen LogP contribution in [0.4, 0.5) is 0 Å². The summed E-state index contributed by atoms with van der Waals surface area (Å²) in [5.41, 5.74) is 7.00. The van der Waals surface area contributed by atoms with Gasteiger partial charge in [-0.15, -0.1) is 0 Å². The van der Waals surface area contributed by atoms with Gasteiger partial charge in [-0.3, -0.25) is 9.48 Å². The van der Waals surface area contributed by atoms with Gasteiger partial charge in [0.1, 0.15) is 0 Å². The molecule has 5 heteroatoms. The van der Waals surface area contributed by atoms with Crippen LogP contribution in [0.3, 0.4) is 0 Å². The van der Waals surface area contributed by atoms with Gasteiger partial charge in [-0.2, -0.15) is 5.10 Å². The number of rotatable bonds is 6. The molecule has 1 aliphatic carbocycles. The van der Waals surface area contributed by atoms with Gasteiger partial charge >= 0.3 is 0 Å². The van der Waals surface area contributed by atoms with Gasteiger partial charge in [0, 0.05) is 32.3 Å². The van der Waals surface area contributed by atoms with Crippen molar-refractivity contribution in [2.24, 2.45) is 18.7 Å². The van der Waals surface area contributed by atoms with E-state index in [0.717, 1.165) is 12.0 Å². The molecule has 1 saturated carbocycles. The molecule has 0 radical (unpaired) electrons. The van der Waals surface area contributed by atoms with Gasteiger partial charge in [0.2, 0.25) is 5.91 Å². The highest BCUT2D eigenvalue weighted by Gasteiger charge is 2.28. The van der Waals surface area contributed by atoms with Gasteiger partial charge in [-0.25, -0.2) is 0 Å². The molecule has 0 aromatic carbocycles. The van der Waals surface area contributed by atoms with Gasteiger partial charge < -0.3 is 11.1 Å². The highest BCUT2D eigenvalue weighted by atomic mass is 16.1. The maximum Gasteiger partial charge on any atom is 0.220 e. The lowest BCUT2D eigenvalue weighted by Gasteiger charge is -2.11. The second kappa shape index (κ2) is 5.31. The Morgan fingerprint density at radius 1 is 1.71 bits per heavy atom. The Bertz CT molecular complexity index is 384. The Kier molecular flexibility index (Phi) is 3.78. The number of aryl methyl sites for hydroxylation is 2. The van der Waals surface area contributed by atoms with Crippen LogP contribution in [0, 0.1) is 5.92 Å². The molecular weight excluding hydrogens is 216 g/mol. The van der Waals surface area contributed by atoms with Crippen LogP contribution in [-0.2, 0) is 18.3 Å². The fraction of sp³-hybridized carbons (Fsp3) is 0.667. The Labute approximate surface area is 101 Å². The summed E-state index contributed by atoms with van der Waals surface area (Å²) < 4.78 is 1.75. The highest BCUT2D eigenvalue weighted by Crippen LogP contribution is 2.31. The lowest BCUT2D eigenvalue weighted by atomic mass is 10.1. The molecule has 1 heterocycles. The SMILES string of the molecule is Cn1cc(CCC(=O)NCC(N)C2CC2)cn1. The van der Waals surface area contributed by atoms with E-state index in [0.29, 0.717) is 18.9 Å². The summed E-state index contributed by atoms with van der Waals surface area (Å²) in [5.74, 6) is 0.707. The lowest BCUT2D eigenvalue weighted by Crippen LogP contribution is -2.38. The van der Waals surface area contributed by atoms with Crippen molar-refractivity contribution in [2.45, 2.75) is 31.7 Å². The molecular formula is C12H20N4O. The molecule has 0 spiro atoms. The zero-order chi connectivity index (χ0) is 12.3. The summed E-state index contributed by atoms with van der Waals surface area (Å²) in [4.78, 5) is 11.6. The number of carbonyl (C=O) groups is 1. The fourth-order valence-corrected chi connectivity index (χ4v) is 1.87. The van der Waals surface area contributed by atoms with E-state index in [1.165, 1.54) is 12.8 Å². The first-order valence-electron chi connectivity index (χ1n) is 6.15. The minimum absolute atomic E-state index is 0.0740. The third-order valence-electron chi connectivity index (χ3n) is 3.16. The monoisotopic (exact) mass is 236 g/mol. The largest absolute Gasteiger partial charge is 0.355 e. The Hall–Kier alpha value is -1.36. The van der Waals surface area contributed by atoms with Crippen molar-refractivity contribution in [1.82, 2.24) is 15.1 Å². The van der Waals surface area contributed by atoms with Crippen LogP contribution >= 0.6 is 0 Å². The van der Waals surface area contributed by atoms with Crippen molar-refractivity contribution in [3.63, 3.8) is 0 Å². The quantitative estimate of drug-likeness (QED) is 0.741. The maximum atomic E-state index is 11.6. The molecule has 1 atom stereocenters. The summed E-state index contributed by atoms with van der Waals surface area (Å²) in [6.07, 6.45) is 7.40. The van der Waals surface area contributed by atoms with E-state index in [2.05, 4.69) is 10.4 Å². The minimum Gasteiger partial charge on any atom is -0.355 e. The third kappa shape index (κ3) is 3.85. The number of amides is 1. The molecule has 5 nitrogen and oxygen atoms in total. The smallest absolute Gasteiger partial charge is 0.220 e. The molecule has 1 aromatic heterocycles. The predicted octanol–water partition coefficient (Wildman–Crippen LogP) is 0.206. The number of nitrogens with two attached hydrogens (primary N) is 1. The van der Waals surface area contributed by atoms with E-state index in [1.807, 2.05) is 13.2 Å². The molecule has 2 rings (SSSR count). The molecule has 0 bridgehead atoms. The summed E-state index contributed by atoms with van der Waals surface area (Å²) in [7, 11) is 1.87. The molecule has 1 fully saturated rings. The molecule has 1 aliphatic rings. The molecule has 94 valence electrons. The number of hydrogen-bond donors (Lipinski definition) is 2. The fourth-order valence-electron chi connectivity index (χ4n) is 1.87. The first-order valence-corrected chi connectivity index (χ1v) is 6.15. The molecule has 17 heavy (non-hydrogen) atoms. The molecule has 0 aliphatic heterocycles. The first kappa shape index (κ1) is 12.1. The number of aromatic nitrogens is 2. The van der Waals surface area contributed by atoms with Gasteiger partial charge in [-0.05, 0) is 30.7 Å². The summed E-state index contributed by atoms with van der Waals surface area (Å²) in [6.45, 7) is 0.608. The third-order valence-corrected chi connectivity index (χ3v) is 3.16. The molecule has 1 aromatic rings. The number of carbonyl (C=O) groups excluding carboxylic acids is 1. The van der Waals surface area contributed by atoms with Gasteiger partial charge in [0.15, 0.2) is 0 Å². The van der Waals surface area contributed by atoms with E-state index in [1.54, 1.807) is 10.9 Å². The first-order chi connectivity index (χ1) is 8.15.